The van der Waals surface area contributed by atoms with Gasteiger partial charge in [0.15, 0.2) is 6.29 Å². The molecule has 3 N–H and O–H groups in total. The van der Waals surface area contributed by atoms with Crippen molar-refractivity contribution in [3.8, 4) is 5.75 Å². The molecule has 1 heterocycles. The Balaban J connectivity index is 1.93. The second-order valence-electron chi connectivity index (χ2n) is 6.95. The molecule has 0 fully saturated rings. The van der Waals surface area contributed by atoms with Crippen LogP contribution in [0.25, 0.3) is 10.1 Å². The lowest BCUT2D eigenvalue weighted by atomic mass is 10.2. The van der Waals surface area contributed by atoms with Crippen LogP contribution in [0.4, 0.5) is 4.39 Å². The Morgan fingerprint density at radius 3 is 2.66 bits per heavy atom. The first-order valence-corrected chi connectivity index (χ1v) is 12.2. The van der Waals surface area contributed by atoms with E-state index in [0.29, 0.717) is 10.3 Å². The third-order valence-electron chi connectivity index (χ3n) is 4.48. The van der Waals surface area contributed by atoms with E-state index in [1.165, 1.54) is 48.6 Å². The minimum Gasteiger partial charge on any atom is -0.480 e. The Bertz CT molecular complexity index is 1140. The molecule has 0 radical (unpaired) electrons. The Labute approximate surface area is 188 Å². The number of halogens is 1. The van der Waals surface area contributed by atoms with Gasteiger partial charge in [-0.1, -0.05) is 30.3 Å². The Morgan fingerprint density at radius 2 is 2.00 bits per heavy atom. The lowest BCUT2D eigenvalue weighted by Gasteiger charge is -2.25. The number of rotatable bonds is 11. The highest BCUT2D eigenvalue weighted by atomic mass is 32.1. The fraction of sp³-hybridized carbons (Fsp3) is 0.227. The predicted octanol–water partition coefficient (Wildman–Crippen LogP) is 5.40. The summed E-state index contributed by atoms with van der Waals surface area (Å²) < 4.78 is 40.6. The number of hydrogen-bond donors (Lipinski definition) is 3. The highest BCUT2D eigenvalue weighted by molar-refractivity contribution is 7.57. The molecule has 0 aliphatic carbocycles. The molecule has 4 atom stereocenters. The third-order valence-corrected chi connectivity index (χ3v) is 7.75. The van der Waals surface area contributed by atoms with Crippen molar-refractivity contribution in [3.05, 3.63) is 77.7 Å². The van der Waals surface area contributed by atoms with Gasteiger partial charge in [0.25, 0.3) is 0 Å². The quantitative estimate of drug-likeness (QED) is 0.192. The van der Waals surface area contributed by atoms with Gasteiger partial charge >= 0.3 is 13.5 Å². The molecule has 0 aliphatic rings. The van der Waals surface area contributed by atoms with Crippen LogP contribution in [0, 0.1) is 0 Å². The topological polar surface area (TPSA) is 105 Å². The highest BCUT2D eigenvalue weighted by Crippen LogP contribution is 2.58. The summed E-state index contributed by atoms with van der Waals surface area (Å²) in [5.74, 6) is -3.29. The van der Waals surface area contributed by atoms with Gasteiger partial charge in [-0.25, -0.2) is 9.48 Å². The molecule has 2 aromatic carbocycles. The van der Waals surface area contributed by atoms with Gasteiger partial charge in [-0.15, -0.1) is 17.9 Å². The number of thiophene rings is 1. The van der Waals surface area contributed by atoms with Crippen LogP contribution in [0.15, 0.2) is 67.3 Å². The number of ether oxygens (including phenoxy) is 1. The maximum absolute atomic E-state index is 15.6. The summed E-state index contributed by atoms with van der Waals surface area (Å²) in [7, 11) is -4.35. The zero-order chi connectivity index (χ0) is 23.3. The zero-order valence-corrected chi connectivity index (χ0v) is 18.9. The van der Waals surface area contributed by atoms with Crippen molar-refractivity contribution in [3.63, 3.8) is 0 Å². The monoisotopic (exact) mass is 479 g/mol. The number of carbonyl (C=O) groups is 1. The number of aliphatic hydroxyl groups is 1. The van der Waals surface area contributed by atoms with Crippen LogP contribution in [0.2, 0.25) is 0 Å². The van der Waals surface area contributed by atoms with Gasteiger partial charge in [0.1, 0.15) is 11.8 Å². The van der Waals surface area contributed by atoms with Crippen molar-refractivity contribution >= 4 is 34.9 Å². The summed E-state index contributed by atoms with van der Waals surface area (Å²) >= 11 is 1.28. The maximum Gasteiger partial charge on any atom is 0.355 e. The number of benzene rings is 2. The number of fused-ring (bicyclic) bond motifs is 1. The molecule has 0 bridgehead atoms. The van der Waals surface area contributed by atoms with Gasteiger partial charge in [-0.05, 0) is 48.2 Å². The molecule has 7 nitrogen and oxygen atoms in total. The van der Waals surface area contributed by atoms with E-state index in [1.54, 1.807) is 30.3 Å². The lowest BCUT2D eigenvalue weighted by molar-refractivity contribution is -0.138. The van der Waals surface area contributed by atoms with Crippen molar-refractivity contribution in [2.24, 2.45) is 0 Å². The molecule has 0 saturated carbocycles. The normalized spacial score (nSPS) is 16.1. The average Bonchev–Trinajstić information content (AvgIpc) is 3.21. The lowest BCUT2D eigenvalue weighted by Crippen LogP contribution is -2.33. The van der Waals surface area contributed by atoms with Gasteiger partial charge in [-0.2, -0.15) is 0 Å². The third kappa shape index (κ3) is 5.62. The van der Waals surface area contributed by atoms with Crippen LogP contribution >= 0.6 is 18.9 Å². The maximum atomic E-state index is 15.6. The van der Waals surface area contributed by atoms with Crippen molar-refractivity contribution < 1.29 is 33.2 Å². The molecular formula is C22H23FNO6PS. The predicted molar refractivity (Wildman–Crippen MR) is 122 cm³/mol. The molecule has 0 spiro atoms. The van der Waals surface area contributed by atoms with Crippen molar-refractivity contribution in [1.29, 1.82) is 0 Å². The van der Waals surface area contributed by atoms with Gasteiger partial charge in [0.05, 0.1) is 11.5 Å². The molecule has 0 aliphatic heterocycles. The first-order chi connectivity index (χ1) is 15.2. The Hall–Kier alpha value is -2.55. The summed E-state index contributed by atoms with van der Waals surface area (Å²) in [5.41, 5.74) is 0.0488. The van der Waals surface area contributed by atoms with Crippen molar-refractivity contribution in [2.45, 2.75) is 25.2 Å². The number of aliphatic hydroxyl groups excluding tert-OH is 1. The van der Waals surface area contributed by atoms with Gasteiger partial charge in [0.2, 0.25) is 5.91 Å². The summed E-state index contributed by atoms with van der Waals surface area (Å²) in [5, 5.41) is 22.3. The summed E-state index contributed by atoms with van der Waals surface area (Å²) in [6.07, 6.45) is 0.359. The largest absolute Gasteiger partial charge is 0.480 e. The van der Waals surface area contributed by atoms with Gasteiger partial charge in [-0.3, -0.25) is 9.36 Å². The van der Waals surface area contributed by atoms with Gasteiger partial charge in [0, 0.05) is 4.70 Å². The molecule has 32 heavy (non-hydrogen) atoms. The number of para-hydroxylation sites is 1. The van der Waals surface area contributed by atoms with Crippen molar-refractivity contribution in [1.82, 2.24) is 5.09 Å². The summed E-state index contributed by atoms with van der Waals surface area (Å²) in [6, 6.07) is 12.9. The Morgan fingerprint density at radius 1 is 1.28 bits per heavy atom. The molecule has 0 saturated heterocycles. The van der Waals surface area contributed by atoms with E-state index in [9.17, 15) is 19.6 Å². The second kappa shape index (κ2) is 10.4. The molecular weight excluding hydrogens is 456 g/mol. The van der Waals surface area contributed by atoms with E-state index in [0.717, 1.165) is 4.70 Å². The standard InChI is InChI=1S/C22H23FNO6PS/c1-3-11-29-22(27)19-13-16-12-15(9-10-18(16)32-19)20(23)31(28,24-14(2)21(25)26)30-17-7-5-4-6-8-17/h3-10,12-14,20,22,27H,1,11H2,2H3,(H,24,28)(H,25,26)/t14-,20+,22?,31?/m0/s1. The molecule has 10 heteroatoms. The average molecular weight is 479 g/mol. The van der Waals surface area contributed by atoms with Crippen LogP contribution in [-0.2, 0) is 14.1 Å². The van der Waals surface area contributed by atoms with Gasteiger partial charge < -0.3 is 19.5 Å². The van der Waals surface area contributed by atoms with Crippen LogP contribution in [-0.4, -0.2) is 28.8 Å². The highest BCUT2D eigenvalue weighted by Gasteiger charge is 2.40. The number of aliphatic carboxylic acids is 1. The number of nitrogens with one attached hydrogen (secondary N) is 1. The molecule has 170 valence electrons. The van der Waals surface area contributed by atoms with Crippen LogP contribution in [0.5, 0.6) is 5.75 Å². The first-order valence-electron chi connectivity index (χ1n) is 9.66. The number of carboxylic acids is 1. The molecule has 0 amide bonds. The molecule has 2 unspecified atom stereocenters. The minimum absolute atomic E-state index is 0.0488. The van der Waals surface area contributed by atoms with Crippen LogP contribution < -0.4 is 9.61 Å². The van der Waals surface area contributed by atoms with E-state index < -0.39 is 31.7 Å². The van der Waals surface area contributed by atoms with Crippen molar-refractivity contribution in [2.75, 3.05) is 6.61 Å². The van der Waals surface area contributed by atoms with E-state index in [1.807, 2.05) is 0 Å². The fourth-order valence-electron chi connectivity index (χ4n) is 2.89. The molecule has 3 aromatic rings. The van der Waals surface area contributed by atoms with Crippen LogP contribution in [0.1, 0.15) is 29.6 Å². The fourth-order valence-corrected chi connectivity index (χ4v) is 5.79. The number of carboxylic acid groups (broad SMARTS) is 1. The van der Waals surface area contributed by atoms with E-state index in [4.69, 9.17) is 9.26 Å². The second-order valence-corrected chi connectivity index (χ2v) is 10.2. The number of alkyl halides is 1. The first kappa shape index (κ1) is 24.1. The van der Waals surface area contributed by atoms with Crippen LogP contribution in [0.3, 0.4) is 0 Å². The minimum atomic E-state index is -4.35. The SMILES string of the molecule is C=CCOC(O)c1cc2cc([C@H](F)P(=O)(N[C@@H](C)C(=O)O)Oc3ccccc3)ccc2s1. The molecule has 3 rings (SSSR count). The smallest absolute Gasteiger partial charge is 0.355 e. The van der Waals surface area contributed by atoms with E-state index >= 15 is 4.39 Å². The molecule has 1 aromatic heterocycles. The van der Waals surface area contributed by atoms with E-state index in [-0.39, 0.29) is 17.9 Å². The summed E-state index contributed by atoms with van der Waals surface area (Å²) in [4.78, 5) is 11.8. The Kier molecular flexibility index (Phi) is 7.82. The summed E-state index contributed by atoms with van der Waals surface area (Å²) in [6.45, 7) is 4.96. The zero-order valence-electron chi connectivity index (χ0n) is 17.2. The van der Waals surface area contributed by atoms with E-state index in [2.05, 4.69) is 11.7 Å². The number of hydrogen-bond acceptors (Lipinski definition) is 6.